The predicted molar refractivity (Wildman–Crippen MR) is 77.2 cm³/mol. The van der Waals surface area contributed by atoms with Crippen LogP contribution >= 0.6 is 0 Å². The highest BCUT2D eigenvalue weighted by Crippen LogP contribution is 2.35. The first-order valence-corrected chi connectivity index (χ1v) is 6.44. The van der Waals surface area contributed by atoms with E-state index in [1.807, 2.05) is 0 Å². The monoisotopic (exact) mass is 312 g/mol. The van der Waals surface area contributed by atoms with Crippen LogP contribution in [0, 0.1) is 6.92 Å². The molecule has 0 aliphatic carbocycles. The molecular weight excluding hydrogens is 297 g/mol. The van der Waals surface area contributed by atoms with Gasteiger partial charge in [0, 0.05) is 19.7 Å². The van der Waals surface area contributed by atoms with E-state index in [0.717, 1.165) is 12.1 Å². The Balaban J connectivity index is 2.39. The van der Waals surface area contributed by atoms with Crippen LogP contribution in [0.15, 0.2) is 34.9 Å². The number of benzene rings is 1. The molecule has 0 aliphatic rings. The molecule has 22 heavy (non-hydrogen) atoms. The van der Waals surface area contributed by atoms with Gasteiger partial charge in [-0.15, -0.1) is 0 Å². The molecule has 0 atom stereocenters. The molecule has 0 saturated heterocycles. The van der Waals surface area contributed by atoms with Crippen molar-refractivity contribution in [2.45, 2.75) is 13.1 Å². The molecule has 1 heterocycles. The van der Waals surface area contributed by atoms with Crippen LogP contribution in [-0.4, -0.2) is 20.0 Å². The molecule has 0 radical (unpaired) electrons. The minimum atomic E-state index is -4.48. The van der Waals surface area contributed by atoms with Crippen molar-refractivity contribution in [3.63, 3.8) is 0 Å². The summed E-state index contributed by atoms with van der Waals surface area (Å²) in [6.45, 7) is 1.68. The van der Waals surface area contributed by atoms with Crippen molar-refractivity contribution in [3.8, 4) is 0 Å². The second kappa shape index (κ2) is 5.75. The summed E-state index contributed by atoms with van der Waals surface area (Å²) in [4.78, 5) is 13.7. The number of carbonyl (C=O) groups is 1. The maximum absolute atomic E-state index is 12.8. The SMILES string of the molecule is Cc1ccoc1C(=O)Nc1cc(C(F)(F)F)ccc1N(C)C. The standard InChI is InChI=1S/C15H15F3N2O2/c1-9-6-7-22-13(9)14(21)19-11-8-10(15(16,17)18)4-5-12(11)20(2)3/h4-8H,1-3H3,(H,19,21). The summed E-state index contributed by atoms with van der Waals surface area (Å²) in [5.74, 6) is -0.521. The molecule has 0 saturated carbocycles. The smallest absolute Gasteiger partial charge is 0.416 e. The van der Waals surface area contributed by atoms with Gasteiger partial charge >= 0.3 is 6.18 Å². The summed E-state index contributed by atoms with van der Waals surface area (Å²) in [6.07, 6.45) is -3.13. The number of amides is 1. The molecule has 2 rings (SSSR count). The quantitative estimate of drug-likeness (QED) is 0.934. The molecule has 0 spiro atoms. The van der Waals surface area contributed by atoms with E-state index < -0.39 is 17.6 Å². The number of nitrogens with zero attached hydrogens (tertiary/aromatic N) is 1. The highest BCUT2D eigenvalue weighted by atomic mass is 19.4. The molecule has 1 aromatic heterocycles. The minimum Gasteiger partial charge on any atom is -0.459 e. The van der Waals surface area contributed by atoms with Crippen LogP contribution < -0.4 is 10.2 Å². The number of hydrogen-bond donors (Lipinski definition) is 1. The normalized spacial score (nSPS) is 11.4. The van der Waals surface area contributed by atoms with Crippen LogP contribution in [0.4, 0.5) is 24.5 Å². The summed E-state index contributed by atoms with van der Waals surface area (Å²) in [6, 6.07) is 4.80. The molecule has 1 N–H and O–H groups in total. The molecular formula is C15H15F3N2O2. The summed E-state index contributed by atoms with van der Waals surface area (Å²) < 4.78 is 43.5. The van der Waals surface area contributed by atoms with Crippen LogP contribution in [0.5, 0.6) is 0 Å². The Morgan fingerprint density at radius 1 is 1.23 bits per heavy atom. The van der Waals surface area contributed by atoms with Crippen LogP contribution in [0.2, 0.25) is 0 Å². The Bertz CT molecular complexity index is 690. The number of furan rings is 1. The molecule has 0 aliphatic heterocycles. The fourth-order valence-electron chi connectivity index (χ4n) is 1.99. The van der Waals surface area contributed by atoms with E-state index in [1.54, 1.807) is 32.0 Å². The van der Waals surface area contributed by atoms with Crippen LogP contribution in [0.25, 0.3) is 0 Å². The molecule has 0 bridgehead atoms. The summed E-state index contributed by atoms with van der Waals surface area (Å²) in [5.41, 5.74) is 0.312. The van der Waals surface area contributed by atoms with Gasteiger partial charge in [0.1, 0.15) is 0 Å². The van der Waals surface area contributed by atoms with E-state index in [9.17, 15) is 18.0 Å². The summed E-state index contributed by atoms with van der Waals surface area (Å²) >= 11 is 0. The number of hydrogen-bond acceptors (Lipinski definition) is 3. The van der Waals surface area contributed by atoms with Crippen molar-refractivity contribution in [1.29, 1.82) is 0 Å². The molecule has 0 fully saturated rings. The number of nitrogens with one attached hydrogen (secondary N) is 1. The number of rotatable bonds is 3. The Kier molecular flexibility index (Phi) is 4.16. The number of halogens is 3. The van der Waals surface area contributed by atoms with Gasteiger partial charge in [0.05, 0.1) is 23.2 Å². The third-order valence-electron chi connectivity index (χ3n) is 3.12. The van der Waals surface area contributed by atoms with Crippen molar-refractivity contribution in [1.82, 2.24) is 0 Å². The van der Waals surface area contributed by atoms with Crippen molar-refractivity contribution >= 4 is 17.3 Å². The maximum atomic E-state index is 12.8. The fourth-order valence-corrected chi connectivity index (χ4v) is 1.99. The van der Waals surface area contributed by atoms with Gasteiger partial charge in [0.15, 0.2) is 5.76 Å². The van der Waals surface area contributed by atoms with E-state index in [0.29, 0.717) is 11.3 Å². The lowest BCUT2D eigenvalue weighted by Gasteiger charge is -2.19. The number of alkyl halides is 3. The van der Waals surface area contributed by atoms with Gasteiger partial charge in [-0.05, 0) is 31.2 Å². The first kappa shape index (κ1) is 15.9. The van der Waals surface area contributed by atoms with E-state index in [4.69, 9.17) is 4.42 Å². The Morgan fingerprint density at radius 3 is 2.41 bits per heavy atom. The van der Waals surface area contributed by atoms with Crippen molar-refractivity contribution in [2.75, 3.05) is 24.3 Å². The number of anilines is 2. The second-order valence-electron chi connectivity index (χ2n) is 5.01. The average molecular weight is 312 g/mol. The zero-order chi connectivity index (χ0) is 16.5. The lowest BCUT2D eigenvalue weighted by molar-refractivity contribution is -0.137. The molecule has 2 aromatic rings. The largest absolute Gasteiger partial charge is 0.459 e. The van der Waals surface area contributed by atoms with Gasteiger partial charge in [0.25, 0.3) is 5.91 Å². The molecule has 1 aromatic carbocycles. The van der Waals surface area contributed by atoms with Gasteiger partial charge in [0.2, 0.25) is 0 Å². The zero-order valence-electron chi connectivity index (χ0n) is 12.3. The molecule has 118 valence electrons. The fraction of sp³-hybridized carbons (Fsp3) is 0.267. The van der Waals surface area contributed by atoms with E-state index in [1.165, 1.54) is 12.3 Å². The molecule has 4 nitrogen and oxygen atoms in total. The maximum Gasteiger partial charge on any atom is 0.416 e. The molecule has 0 unspecified atom stereocenters. The van der Waals surface area contributed by atoms with Crippen molar-refractivity contribution in [3.05, 3.63) is 47.4 Å². The third kappa shape index (κ3) is 3.24. The van der Waals surface area contributed by atoms with Gasteiger partial charge in [-0.3, -0.25) is 4.79 Å². The lowest BCUT2D eigenvalue weighted by atomic mass is 10.1. The van der Waals surface area contributed by atoms with Crippen LogP contribution in [0.1, 0.15) is 21.7 Å². The topological polar surface area (TPSA) is 45.5 Å². The van der Waals surface area contributed by atoms with E-state index in [-0.39, 0.29) is 11.4 Å². The average Bonchev–Trinajstić information content (AvgIpc) is 2.83. The van der Waals surface area contributed by atoms with Gasteiger partial charge in [-0.2, -0.15) is 13.2 Å². The number of aryl methyl sites for hydroxylation is 1. The van der Waals surface area contributed by atoms with Gasteiger partial charge in [-0.1, -0.05) is 0 Å². The third-order valence-corrected chi connectivity index (χ3v) is 3.12. The highest BCUT2D eigenvalue weighted by molar-refractivity contribution is 6.05. The van der Waals surface area contributed by atoms with Crippen LogP contribution in [0.3, 0.4) is 0 Å². The Morgan fingerprint density at radius 2 is 1.91 bits per heavy atom. The van der Waals surface area contributed by atoms with Crippen LogP contribution in [-0.2, 0) is 6.18 Å². The van der Waals surface area contributed by atoms with Crippen molar-refractivity contribution in [2.24, 2.45) is 0 Å². The molecule has 7 heteroatoms. The minimum absolute atomic E-state index is 0.0700. The van der Waals surface area contributed by atoms with Gasteiger partial charge in [-0.25, -0.2) is 0 Å². The zero-order valence-corrected chi connectivity index (χ0v) is 12.3. The first-order chi connectivity index (χ1) is 10.2. The first-order valence-electron chi connectivity index (χ1n) is 6.44. The second-order valence-corrected chi connectivity index (χ2v) is 5.01. The van der Waals surface area contributed by atoms with E-state index in [2.05, 4.69) is 5.32 Å². The predicted octanol–water partition coefficient (Wildman–Crippen LogP) is 3.93. The summed E-state index contributed by atoms with van der Waals surface area (Å²) in [5, 5.41) is 2.47. The Hall–Kier alpha value is -2.44. The van der Waals surface area contributed by atoms with E-state index >= 15 is 0 Å². The highest BCUT2D eigenvalue weighted by Gasteiger charge is 2.31. The number of carbonyl (C=O) groups excluding carboxylic acids is 1. The van der Waals surface area contributed by atoms with Crippen molar-refractivity contribution < 1.29 is 22.4 Å². The molecule has 1 amide bonds. The lowest BCUT2D eigenvalue weighted by Crippen LogP contribution is -2.18. The van der Waals surface area contributed by atoms with Gasteiger partial charge < -0.3 is 14.6 Å². The summed E-state index contributed by atoms with van der Waals surface area (Å²) in [7, 11) is 3.35. The Labute approximate surface area is 125 Å².